The quantitative estimate of drug-likeness (QED) is 0.641. The van der Waals surface area contributed by atoms with E-state index in [2.05, 4.69) is 10.1 Å². The molecule has 0 aromatic carbocycles. The monoisotopic (exact) mass is 189 g/mol. The van der Waals surface area contributed by atoms with Gasteiger partial charge in [0.15, 0.2) is 0 Å². The fourth-order valence-corrected chi connectivity index (χ4v) is 1.05. The maximum Gasteiger partial charge on any atom is 0.408 e. The minimum absolute atomic E-state index is 0.00530. The first-order chi connectivity index (χ1) is 6.13. The largest absolute Gasteiger partial charge is 0.481 e. The van der Waals surface area contributed by atoms with Crippen LogP contribution in [0.4, 0.5) is 4.79 Å². The molecule has 1 aliphatic rings. The van der Waals surface area contributed by atoms with Gasteiger partial charge in [0, 0.05) is 5.92 Å². The molecular weight excluding hydrogens is 178 g/mol. The molecule has 6 nitrogen and oxygen atoms in total. The van der Waals surface area contributed by atoms with Crippen LogP contribution >= 0.6 is 0 Å². The van der Waals surface area contributed by atoms with Gasteiger partial charge in [0.1, 0.15) is 6.23 Å². The molecule has 1 heterocycles. The lowest BCUT2D eigenvalue weighted by Crippen LogP contribution is -2.52. The second-order valence-corrected chi connectivity index (χ2v) is 2.75. The summed E-state index contributed by atoms with van der Waals surface area (Å²) in [5.41, 5.74) is 0. The third-order valence-electron chi connectivity index (χ3n) is 1.80. The van der Waals surface area contributed by atoms with Crippen molar-refractivity contribution in [3.8, 4) is 0 Å². The van der Waals surface area contributed by atoms with E-state index >= 15 is 0 Å². The van der Waals surface area contributed by atoms with Gasteiger partial charge in [-0.1, -0.05) is 0 Å². The lowest BCUT2D eigenvalue weighted by Gasteiger charge is -2.35. The number of carbonyl (C=O) groups is 2. The van der Waals surface area contributed by atoms with E-state index in [1.165, 1.54) is 7.11 Å². The van der Waals surface area contributed by atoms with Gasteiger partial charge in [-0.3, -0.25) is 10.1 Å². The van der Waals surface area contributed by atoms with Crippen molar-refractivity contribution < 1.29 is 24.2 Å². The summed E-state index contributed by atoms with van der Waals surface area (Å²) in [5, 5.41) is 10.8. The standard InChI is InChI=1S/C7H11NO5/c1-12-7(11)8-6-4(3-13-6)2-5(9)10/h4,6H,2-3H2,1H3,(H,8,11)(H,9,10). The van der Waals surface area contributed by atoms with E-state index in [9.17, 15) is 9.59 Å². The normalized spacial score (nSPS) is 25.9. The summed E-state index contributed by atoms with van der Waals surface area (Å²) in [6.45, 7) is 0.362. The summed E-state index contributed by atoms with van der Waals surface area (Å²) in [6.07, 6.45) is -1.14. The molecule has 1 fully saturated rings. The Kier molecular flexibility index (Phi) is 3.07. The zero-order valence-corrected chi connectivity index (χ0v) is 7.15. The van der Waals surface area contributed by atoms with Gasteiger partial charge in [-0.15, -0.1) is 0 Å². The topological polar surface area (TPSA) is 84.9 Å². The number of aliphatic carboxylic acids is 1. The molecule has 2 unspecified atom stereocenters. The highest BCUT2D eigenvalue weighted by Gasteiger charge is 2.35. The molecule has 1 amide bonds. The van der Waals surface area contributed by atoms with Crippen LogP contribution in [0.1, 0.15) is 6.42 Å². The molecule has 13 heavy (non-hydrogen) atoms. The second kappa shape index (κ2) is 4.08. The van der Waals surface area contributed by atoms with Crippen LogP contribution in [0.15, 0.2) is 0 Å². The summed E-state index contributed by atoms with van der Waals surface area (Å²) < 4.78 is 9.27. The Morgan fingerprint density at radius 1 is 1.69 bits per heavy atom. The summed E-state index contributed by atoms with van der Waals surface area (Å²) in [6, 6.07) is 0. The van der Waals surface area contributed by atoms with Crippen LogP contribution in [0.25, 0.3) is 0 Å². The maximum atomic E-state index is 10.7. The van der Waals surface area contributed by atoms with Gasteiger partial charge in [-0.2, -0.15) is 0 Å². The maximum absolute atomic E-state index is 10.7. The lowest BCUT2D eigenvalue weighted by atomic mass is 10.0. The van der Waals surface area contributed by atoms with E-state index in [-0.39, 0.29) is 12.3 Å². The number of rotatable bonds is 3. The van der Waals surface area contributed by atoms with Gasteiger partial charge < -0.3 is 14.6 Å². The SMILES string of the molecule is COC(=O)NC1OCC1CC(=O)O. The molecule has 74 valence electrons. The van der Waals surface area contributed by atoms with E-state index in [1.807, 2.05) is 0 Å². The number of amides is 1. The summed E-state index contributed by atoms with van der Waals surface area (Å²) >= 11 is 0. The van der Waals surface area contributed by atoms with Crippen molar-refractivity contribution in [3.63, 3.8) is 0 Å². The molecule has 0 aliphatic carbocycles. The third kappa shape index (κ3) is 2.59. The predicted molar refractivity (Wildman–Crippen MR) is 41.0 cm³/mol. The second-order valence-electron chi connectivity index (χ2n) is 2.75. The number of hydrogen-bond acceptors (Lipinski definition) is 4. The van der Waals surface area contributed by atoms with Gasteiger partial charge in [0.2, 0.25) is 0 Å². The fourth-order valence-electron chi connectivity index (χ4n) is 1.05. The van der Waals surface area contributed by atoms with E-state index in [1.54, 1.807) is 0 Å². The Bertz CT molecular complexity index is 217. The van der Waals surface area contributed by atoms with Crippen molar-refractivity contribution in [1.82, 2.24) is 5.32 Å². The smallest absolute Gasteiger partial charge is 0.408 e. The Hall–Kier alpha value is -1.30. The van der Waals surface area contributed by atoms with Gasteiger partial charge in [0.25, 0.3) is 0 Å². The first kappa shape index (κ1) is 9.79. The van der Waals surface area contributed by atoms with Gasteiger partial charge in [-0.25, -0.2) is 4.79 Å². The molecule has 0 spiro atoms. The molecule has 1 saturated heterocycles. The zero-order chi connectivity index (χ0) is 9.84. The number of ether oxygens (including phenoxy) is 2. The van der Waals surface area contributed by atoms with E-state index in [4.69, 9.17) is 9.84 Å². The number of nitrogens with one attached hydrogen (secondary N) is 1. The number of hydrogen-bond donors (Lipinski definition) is 2. The third-order valence-corrected chi connectivity index (χ3v) is 1.80. The molecular formula is C7H11NO5. The van der Waals surface area contributed by atoms with E-state index in [0.717, 1.165) is 0 Å². The predicted octanol–water partition coefficient (Wildman–Crippen LogP) is -0.210. The molecule has 1 rings (SSSR count). The summed E-state index contributed by atoms with van der Waals surface area (Å²) in [5.74, 6) is -1.05. The van der Waals surface area contributed by atoms with Crippen LogP contribution in [0.3, 0.4) is 0 Å². The highest BCUT2D eigenvalue weighted by Crippen LogP contribution is 2.21. The molecule has 6 heteroatoms. The molecule has 0 radical (unpaired) electrons. The van der Waals surface area contributed by atoms with Crippen LogP contribution in [0.5, 0.6) is 0 Å². The molecule has 0 bridgehead atoms. The molecule has 2 atom stereocenters. The van der Waals surface area contributed by atoms with Crippen LogP contribution in [-0.2, 0) is 14.3 Å². The molecule has 1 aliphatic heterocycles. The van der Waals surface area contributed by atoms with Crippen molar-refractivity contribution >= 4 is 12.1 Å². The highest BCUT2D eigenvalue weighted by molar-refractivity contribution is 5.69. The van der Waals surface area contributed by atoms with Crippen molar-refractivity contribution in [2.45, 2.75) is 12.6 Å². The van der Waals surface area contributed by atoms with E-state index < -0.39 is 18.3 Å². The number of alkyl carbamates (subject to hydrolysis) is 1. The molecule has 0 aromatic rings. The number of carbonyl (C=O) groups excluding carboxylic acids is 1. The van der Waals surface area contributed by atoms with E-state index in [0.29, 0.717) is 6.61 Å². The average molecular weight is 189 g/mol. The van der Waals surface area contributed by atoms with Crippen molar-refractivity contribution in [2.24, 2.45) is 5.92 Å². The first-order valence-electron chi connectivity index (χ1n) is 3.81. The molecule has 0 aromatic heterocycles. The fraction of sp³-hybridized carbons (Fsp3) is 0.714. The van der Waals surface area contributed by atoms with Crippen molar-refractivity contribution in [1.29, 1.82) is 0 Å². The van der Waals surface area contributed by atoms with Crippen LogP contribution in [0, 0.1) is 5.92 Å². The van der Waals surface area contributed by atoms with Crippen LogP contribution in [-0.4, -0.2) is 37.1 Å². The Balaban J connectivity index is 2.28. The van der Waals surface area contributed by atoms with Gasteiger partial charge >= 0.3 is 12.1 Å². The van der Waals surface area contributed by atoms with Gasteiger partial charge in [0.05, 0.1) is 20.1 Å². The van der Waals surface area contributed by atoms with Crippen molar-refractivity contribution in [3.05, 3.63) is 0 Å². The average Bonchev–Trinajstić information content (AvgIpc) is 2.08. The Morgan fingerprint density at radius 3 is 2.77 bits per heavy atom. The number of carboxylic acids is 1. The summed E-state index contributed by atoms with van der Waals surface area (Å²) in [4.78, 5) is 21.0. The highest BCUT2D eigenvalue weighted by atomic mass is 16.6. The summed E-state index contributed by atoms with van der Waals surface area (Å²) in [7, 11) is 1.24. The number of carboxylic acid groups (broad SMARTS) is 1. The Labute approximate surface area is 74.8 Å². The first-order valence-corrected chi connectivity index (χ1v) is 3.81. The number of methoxy groups -OCH3 is 1. The van der Waals surface area contributed by atoms with Crippen LogP contribution in [0.2, 0.25) is 0 Å². The zero-order valence-electron chi connectivity index (χ0n) is 7.15. The molecule has 2 N–H and O–H groups in total. The molecule has 0 saturated carbocycles. The lowest BCUT2D eigenvalue weighted by molar-refractivity contribution is -0.156. The minimum Gasteiger partial charge on any atom is -0.481 e. The van der Waals surface area contributed by atoms with Crippen LogP contribution < -0.4 is 5.32 Å². The minimum atomic E-state index is -0.898. The Morgan fingerprint density at radius 2 is 2.38 bits per heavy atom. The van der Waals surface area contributed by atoms with Crippen molar-refractivity contribution in [2.75, 3.05) is 13.7 Å². The van der Waals surface area contributed by atoms with Gasteiger partial charge in [-0.05, 0) is 0 Å².